The first-order valence-corrected chi connectivity index (χ1v) is 4.03. The van der Waals surface area contributed by atoms with E-state index in [9.17, 15) is 4.79 Å². The van der Waals surface area contributed by atoms with Crippen molar-refractivity contribution >= 4 is 11.9 Å². The van der Waals surface area contributed by atoms with E-state index < -0.39 is 6.09 Å². The van der Waals surface area contributed by atoms with Gasteiger partial charge in [0.05, 0.1) is 12.3 Å². The molecule has 0 radical (unpaired) electrons. The van der Waals surface area contributed by atoms with E-state index in [4.69, 9.17) is 15.7 Å². The van der Waals surface area contributed by atoms with Crippen LogP contribution in [0.2, 0.25) is 0 Å². The molecule has 0 aliphatic carbocycles. The maximum Gasteiger partial charge on any atom is 0.427 e. The van der Waals surface area contributed by atoms with E-state index in [2.05, 4.69) is 10.2 Å². The summed E-state index contributed by atoms with van der Waals surface area (Å²) in [4.78, 5) is 10.6. The Morgan fingerprint density at radius 3 is 2.93 bits per heavy atom. The second-order valence-corrected chi connectivity index (χ2v) is 2.59. The summed E-state index contributed by atoms with van der Waals surface area (Å²) in [6.45, 7) is 3.93. The molecule has 1 heterocycles. The molecule has 4 N–H and O–H groups in total. The first-order chi connectivity index (χ1) is 6.57. The van der Waals surface area contributed by atoms with Crippen LogP contribution in [-0.2, 0) is 0 Å². The van der Waals surface area contributed by atoms with Crippen molar-refractivity contribution in [2.75, 3.05) is 11.6 Å². The van der Waals surface area contributed by atoms with Crippen molar-refractivity contribution in [1.29, 1.82) is 0 Å². The van der Waals surface area contributed by atoms with Gasteiger partial charge in [0.15, 0.2) is 5.75 Å². The molecule has 0 aliphatic rings. The molecule has 0 saturated heterocycles. The zero-order chi connectivity index (χ0) is 10.7. The lowest BCUT2D eigenvalue weighted by Gasteiger charge is -2.11. The number of hydrogen-bond acceptors (Lipinski definition) is 4. The molecule has 1 aromatic rings. The van der Waals surface area contributed by atoms with Gasteiger partial charge in [-0.1, -0.05) is 0 Å². The third kappa shape index (κ3) is 1.77. The van der Waals surface area contributed by atoms with E-state index in [1.54, 1.807) is 13.8 Å². The van der Waals surface area contributed by atoms with Gasteiger partial charge < -0.3 is 9.84 Å². The largest absolute Gasteiger partial charge is 0.488 e. The predicted octanol–water partition coefficient (Wildman–Crippen LogP) is 0.475. The van der Waals surface area contributed by atoms with E-state index in [-0.39, 0.29) is 5.82 Å². The molecule has 0 fully saturated rings. The minimum absolute atomic E-state index is 0.0665. The van der Waals surface area contributed by atoms with Gasteiger partial charge in [-0.05, 0) is 13.8 Å². The molecule has 0 unspecified atom stereocenters. The molecule has 14 heavy (non-hydrogen) atoms. The predicted molar refractivity (Wildman–Crippen MR) is 49.2 cm³/mol. The van der Waals surface area contributed by atoms with Crippen molar-refractivity contribution in [3.05, 3.63) is 5.69 Å². The molecule has 78 valence electrons. The Bertz CT molecular complexity index is 336. The summed E-state index contributed by atoms with van der Waals surface area (Å²) in [7, 11) is 0. The Balaban J connectivity index is 3.01. The number of aryl methyl sites for hydroxylation is 1. The van der Waals surface area contributed by atoms with Crippen LogP contribution in [0.15, 0.2) is 0 Å². The number of carboxylic acid groups (broad SMARTS) is 1. The molecule has 7 heteroatoms. The number of rotatable bonds is 3. The molecule has 0 aliphatic heterocycles. The number of ether oxygens (including phenoxy) is 1. The van der Waals surface area contributed by atoms with Crippen molar-refractivity contribution in [3.8, 4) is 5.75 Å². The highest BCUT2D eigenvalue weighted by Crippen LogP contribution is 2.27. The van der Waals surface area contributed by atoms with Gasteiger partial charge in [-0.2, -0.15) is 10.1 Å². The van der Waals surface area contributed by atoms with E-state index in [0.717, 1.165) is 0 Å². The van der Waals surface area contributed by atoms with Crippen molar-refractivity contribution in [2.24, 2.45) is 5.84 Å². The number of hydrazine groups is 1. The molecule has 0 spiro atoms. The number of amides is 1. The number of hydrogen-bond donors (Lipinski definition) is 3. The molecule has 0 saturated carbocycles. The molecular weight excluding hydrogens is 188 g/mol. The van der Waals surface area contributed by atoms with Crippen LogP contribution in [0.25, 0.3) is 0 Å². The monoisotopic (exact) mass is 200 g/mol. The van der Waals surface area contributed by atoms with E-state index >= 15 is 0 Å². The smallest absolute Gasteiger partial charge is 0.427 e. The maximum atomic E-state index is 10.6. The molecule has 0 atom stereocenters. The summed E-state index contributed by atoms with van der Waals surface area (Å²) < 4.78 is 5.20. The summed E-state index contributed by atoms with van der Waals surface area (Å²) in [5.41, 5.74) is 0.638. The zero-order valence-corrected chi connectivity index (χ0v) is 7.94. The Morgan fingerprint density at radius 2 is 2.43 bits per heavy atom. The van der Waals surface area contributed by atoms with Gasteiger partial charge in [0, 0.05) is 0 Å². The quantitative estimate of drug-likeness (QED) is 0.374. The van der Waals surface area contributed by atoms with Gasteiger partial charge in [-0.3, -0.25) is 5.10 Å². The highest BCUT2D eigenvalue weighted by atomic mass is 16.5. The van der Waals surface area contributed by atoms with Crippen molar-refractivity contribution in [3.63, 3.8) is 0 Å². The second-order valence-electron chi connectivity index (χ2n) is 2.59. The average molecular weight is 200 g/mol. The van der Waals surface area contributed by atoms with Crippen LogP contribution in [0.1, 0.15) is 12.6 Å². The fourth-order valence-electron chi connectivity index (χ4n) is 0.977. The lowest BCUT2D eigenvalue weighted by molar-refractivity contribution is 0.201. The topological polar surface area (TPSA) is 104 Å². The normalized spacial score (nSPS) is 9.93. The van der Waals surface area contributed by atoms with Gasteiger partial charge in [0.1, 0.15) is 0 Å². The van der Waals surface area contributed by atoms with Crippen LogP contribution >= 0.6 is 0 Å². The Hall–Kier alpha value is -1.76. The third-order valence-corrected chi connectivity index (χ3v) is 1.60. The Labute approximate surface area is 80.4 Å². The Morgan fingerprint density at radius 1 is 1.79 bits per heavy atom. The van der Waals surface area contributed by atoms with Crippen LogP contribution in [0.5, 0.6) is 5.75 Å². The molecule has 7 nitrogen and oxygen atoms in total. The van der Waals surface area contributed by atoms with Gasteiger partial charge in [0.25, 0.3) is 0 Å². The fraction of sp³-hybridized carbons (Fsp3) is 0.429. The third-order valence-electron chi connectivity index (χ3n) is 1.60. The molecule has 0 aromatic carbocycles. The van der Waals surface area contributed by atoms with E-state index in [1.165, 1.54) is 0 Å². The maximum absolute atomic E-state index is 10.6. The average Bonchev–Trinajstić information content (AvgIpc) is 2.48. The number of nitrogens with two attached hydrogens (primary N) is 1. The van der Waals surface area contributed by atoms with Crippen LogP contribution < -0.4 is 15.6 Å². The van der Waals surface area contributed by atoms with Crippen LogP contribution in [0, 0.1) is 6.92 Å². The van der Waals surface area contributed by atoms with Crippen LogP contribution in [0.4, 0.5) is 10.6 Å². The highest BCUT2D eigenvalue weighted by molar-refractivity contribution is 5.85. The summed E-state index contributed by atoms with van der Waals surface area (Å²) in [6.07, 6.45) is -1.29. The molecular formula is C7H12N4O3. The highest BCUT2D eigenvalue weighted by Gasteiger charge is 2.20. The number of anilines is 1. The Kier molecular flexibility index (Phi) is 2.92. The second kappa shape index (κ2) is 3.97. The molecule has 0 bridgehead atoms. The van der Waals surface area contributed by atoms with Gasteiger partial charge in [-0.15, -0.1) is 0 Å². The SMILES string of the molecule is CCOc1c(N(N)C(=O)O)n[nH]c1C. The van der Waals surface area contributed by atoms with Gasteiger partial charge in [0.2, 0.25) is 5.82 Å². The van der Waals surface area contributed by atoms with E-state index in [0.29, 0.717) is 23.1 Å². The van der Waals surface area contributed by atoms with Gasteiger partial charge in [-0.25, -0.2) is 10.6 Å². The number of carbonyl (C=O) groups is 1. The molecule has 1 rings (SSSR count). The van der Waals surface area contributed by atoms with Gasteiger partial charge >= 0.3 is 6.09 Å². The molecule has 1 aromatic heterocycles. The first kappa shape index (κ1) is 10.3. The standard InChI is InChI=1S/C7H12N4O3/c1-3-14-5-4(2)9-10-6(5)11(8)7(12)13/h3,8H2,1-2H3,(H,9,10)(H,12,13). The number of aromatic nitrogens is 2. The van der Waals surface area contributed by atoms with Crippen LogP contribution in [0.3, 0.4) is 0 Å². The first-order valence-electron chi connectivity index (χ1n) is 4.03. The summed E-state index contributed by atoms with van der Waals surface area (Å²) in [6, 6.07) is 0. The van der Waals surface area contributed by atoms with Crippen LogP contribution in [-0.4, -0.2) is 28.0 Å². The lowest BCUT2D eigenvalue weighted by atomic mass is 10.4. The fourth-order valence-corrected chi connectivity index (χ4v) is 0.977. The van der Waals surface area contributed by atoms with Crippen molar-refractivity contribution < 1.29 is 14.6 Å². The minimum Gasteiger partial charge on any atom is -0.488 e. The lowest BCUT2D eigenvalue weighted by Crippen LogP contribution is -2.36. The van der Waals surface area contributed by atoms with Crippen molar-refractivity contribution in [2.45, 2.75) is 13.8 Å². The summed E-state index contributed by atoms with van der Waals surface area (Å²) >= 11 is 0. The molecule has 1 amide bonds. The number of aromatic amines is 1. The summed E-state index contributed by atoms with van der Waals surface area (Å²) in [5.74, 6) is 5.68. The zero-order valence-electron chi connectivity index (χ0n) is 7.94. The van der Waals surface area contributed by atoms with E-state index in [1.807, 2.05) is 0 Å². The number of nitrogens with one attached hydrogen (secondary N) is 1. The van der Waals surface area contributed by atoms with Crippen molar-refractivity contribution in [1.82, 2.24) is 10.2 Å². The number of nitrogens with zero attached hydrogens (tertiary/aromatic N) is 2. The number of H-pyrrole nitrogens is 1. The summed E-state index contributed by atoms with van der Waals surface area (Å²) in [5, 5.41) is 15.5. The minimum atomic E-state index is -1.29.